The van der Waals surface area contributed by atoms with Crippen LogP contribution in [0.4, 0.5) is 22.8 Å². The Bertz CT molecular complexity index is 1400. The zero-order valence-corrected chi connectivity index (χ0v) is 28.8. The van der Waals surface area contributed by atoms with Gasteiger partial charge in [-0.05, 0) is 111 Å². The average molecular weight is 663 g/mol. The highest BCUT2D eigenvalue weighted by atomic mass is 19.4. The van der Waals surface area contributed by atoms with Crippen LogP contribution in [0.5, 0.6) is 0 Å². The molecular formula is C35H49F3N4O5. The maximum Gasteiger partial charge on any atom is 0.437 e. The SMILES string of the molecule is C/C=C(\N=C(/OC)C1CCCN1C(=NC(=O)OC(C)(C)C)NC(=O)OC(C)(C)C)c1ccc(CCC2=CCCCC2)c(C(F)(F)F)c1. The Hall–Kier alpha value is -3.83. The number of aryl methyl sites for hydroxylation is 1. The number of halogens is 3. The normalized spacial score (nSPS) is 18.5. The van der Waals surface area contributed by atoms with Crippen LogP contribution in [0.2, 0.25) is 0 Å². The summed E-state index contributed by atoms with van der Waals surface area (Å²) in [6.45, 7) is 12.3. The van der Waals surface area contributed by atoms with Crippen molar-refractivity contribution in [3.8, 4) is 0 Å². The number of benzene rings is 1. The third-order valence-corrected chi connectivity index (χ3v) is 7.54. The first-order chi connectivity index (χ1) is 21.9. The summed E-state index contributed by atoms with van der Waals surface area (Å²) in [5.74, 6) is 0.0694. The van der Waals surface area contributed by atoms with Gasteiger partial charge >= 0.3 is 18.4 Å². The fourth-order valence-corrected chi connectivity index (χ4v) is 5.52. The number of rotatable bonds is 6. The maximum absolute atomic E-state index is 14.3. The molecule has 3 rings (SSSR count). The highest BCUT2D eigenvalue weighted by Crippen LogP contribution is 2.36. The van der Waals surface area contributed by atoms with Gasteiger partial charge in [-0.1, -0.05) is 29.9 Å². The molecule has 0 spiro atoms. The van der Waals surface area contributed by atoms with Crippen LogP contribution in [0.3, 0.4) is 0 Å². The maximum atomic E-state index is 14.3. The number of methoxy groups -OCH3 is 1. The molecule has 0 saturated carbocycles. The predicted molar refractivity (Wildman–Crippen MR) is 177 cm³/mol. The lowest BCUT2D eigenvalue weighted by Crippen LogP contribution is -2.50. The topological polar surface area (TPSA) is 102 Å². The van der Waals surface area contributed by atoms with Crippen LogP contribution >= 0.6 is 0 Å². The standard InChI is InChI=1S/C35H49F3N4O5/c1-9-27(25-20-19-24(26(22-25)35(36,37)38)18-17-23-14-11-10-12-15-23)39-29(45-8)28-16-13-21-42(28)30(40-31(43)46-33(2,3)4)41-32(44)47-34(5,6)7/h9,14,19-20,22,28H,10-13,15-18,21H2,1-8H3,(H,40,41,43,44)/b27-9-,39-29-. The molecule has 0 aromatic heterocycles. The second kappa shape index (κ2) is 15.8. The van der Waals surface area contributed by atoms with Crippen molar-refractivity contribution in [3.05, 3.63) is 52.6 Å². The van der Waals surface area contributed by atoms with Gasteiger partial charge in [-0.2, -0.15) is 13.2 Å². The number of carbonyl (C=O) groups is 2. The fourth-order valence-electron chi connectivity index (χ4n) is 5.52. The number of alkyl halides is 3. The lowest BCUT2D eigenvalue weighted by Gasteiger charge is -2.29. The van der Waals surface area contributed by atoms with Gasteiger partial charge < -0.3 is 19.1 Å². The van der Waals surface area contributed by atoms with Gasteiger partial charge in [0.2, 0.25) is 11.9 Å². The van der Waals surface area contributed by atoms with Crippen LogP contribution in [0.15, 0.2) is 45.9 Å². The largest absolute Gasteiger partial charge is 0.483 e. The predicted octanol–water partition coefficient (Wildman–Crippen LogP) is 8.82. The van der Waals surface area contributed by atoms with Crippen LogP contribution < -0.4 is 5.32 Å². The van der Waals surface area contributed by atoms with Gasteiger partial charge in [0.15, 0.2) is 0 Å². The molecule has 1 aliphatic heterocycles. The summed E-state index contributed by atoms with van der Waals surface area (Å²) in [5, 5.41) is 2.57. The van der Waals surface area contributed by atoms with Crippen molar-refractivity contribution in [2.75, 3.05) is 13.7 Å². The zero-order valence-electron chi connectivity index (χ0n) is 28.8. The van der Waals surface area contributed by atoms with Crippen molar-refractivity contribution < 1.29 is 37.0 Å². The van der Waals surface area contributed by atoms with Gasteiger partial charge in [0.05, 0.1) is 18.4 Å². The summed E-state index contributed by atoms with van der Waals surface area (Å²) in [6.07, 6.45) is 3.66. The van der Waals surface area contributed by atoms with E-state index in [1.807, 2.05) is 0 Å². The van der Waals surface area contributed by atoms with Crippen molar-refractivity contribution in [1.29, 1.82) is 0 Å². The summed E-state index contributed by atoms with van der Waals surface area (Å²) < 4.78 is 59.3. The van der Waals surface area contributed by atoms with E-state index in [1.54, 1.807) is 65.5 Å². The van der Waals surface area contributed by atoms with Gasteiger partial charge in [0, 0.05) is 12.1 Å². The molecule has 0 radical (unpaired) electrons. The molecule has 1 aromatic rings. The van der Waals surface area contributed by atoms with Crippen molar-refractivity contribution in [3.63, 3.8) is 0 Å². The van der Waals surface area contributed by atoms with Crippen LogP contribution in [-0.2, 0) is 26.8 Å². The summed E-state index contributed by atoms with van der Waals surface area (Å²) >= 11 is 0. The van der Waals surface area contributed by atoms with E-state index < -0.39 is 41.2 Å². The number of likely N-dealkylation sites (tertiary alicyclic amines) is 1. The minimum absolute atomic E-state index is 0.112. The highest BCUT2D eigenvalue weighted by Gasteiger charge is 2.36. The first-order valence-corrected chi connectivity index (χ1v) is 16.2. The number of allylic oxidation sites excluding steroid dienone is 3. The van der Waals surface area contributed by atoms with Crippen molar-refractivity contribution in [2.24, 2.45) is 9.98 Å². The molecule has 1 unspecified atom stereocenters. The highest BCUT2D eigenvalue weighted by molar-refractivity contribution is 6.01. The monoisotopic (exact) mass is 662 g/mol. The van der Waals surface area contributed by atoms with Crippen LogP contribution in [0, 0.1) is 0 Å². The van der Waals surface area contributed by atoms with Crippen molar-refractivity contribution in [1.82, 2.24) is 10.2 Å². The minimum atomic E-state index is -4.54. The first kappa shape index (κ1) is 37.6. The van der Waals surface area contributed by atoms with Crippen LogP contribution in [-0.4, -0.2) is 59.8 Å². The van der Waals surface area contributed by atoms with E-state index in [0.717, 1.165) is 31.7 Å². The molecule has 1 aliphatic carbocycles. The van der Waals surface area contributed by atoms with Gasteiger partial charge in [-0.25, -0.2) is 14.6 Å². The van der Waals surface area contributed by atoms with E-state index in [2.05, 4.69) is 21.4 Å². The minimum Gasteiger partial charge on any atom is -0.483 e. The number of nitrogens with one attached hydrogen (secondary N) is 1. The first-order valence-electron chi connectivity index (χ1n) is 16.2. The van der Waals surface area contributed by atoms with E-state index in [-0.39, 0.29) is 28.7 Å². The third-order valence-electron chi connectivity index (χ3n) is 7.54. The summed E-state index contributed by atoms with van der Waals surface area (Å²) in [7, 11) is 1.42. The summed E-state index contributed by atoms with van der Waals surface area (Å²) in [5.41, 5.74) is -0.300. The van der Waals surface area contributed by atoms with E-state index in [9.17, 15) is 22.8 Å². The molecule has 1 saturated heterocycles. The molecule has 1 heterocycles. The van der Waals surface area contributed by atoms with Gasteiger partial charge in [0.25, 0.3) is 0 Å². The quantitative estimate of drug-likeness (QED) is 0.186. The lowest BCUT2D eigenvalue weighted by molar-refractivity contribution is -0.138. The fraction of sp³-hybridized carbons (Fsp3) is 0.600. The van der Waals surface area contributed by atoms with Gasteiger partial charge in [0.1, 0.15) is 17.2 Å². The molecule has 1 aromatic carbocycles. The molecule has 2 aliphatic rings. The zero-order chi connectivity index (χ0) is 35.0. The second-order valence-electron chi connectivity index (χ2n) is 13.7. The Balaban J connectivity index is 1.95. The van der Waals surface area contributed by atoms with Gasteiger partial charge in [-0.15, -0.1) is 4.99 Å². The molecule has 0 bridgehead atoms. The number of alkyl carbamates (subject to hydrolysis) is 1. The molecule has 12 heteroatoms. The number of hydrogen-bond donors (Lipinski definition) is 1. The molecule has 260 valence electrons. The molecule has 9 nitrogen and oxygen atoms in total. The number of amides is 2. The number of aliphatic imine (C=N–C) groups is 2. The number of carbonyl (C=O) groups excluding carboxylic acids is 2. The number of ether oxygens (including phenoxy) is 3. The Morgan fingerprint density at radius 2 is 1.70 bits per heavy atom. The molecule has 2 amide bonds. The summed E-state index contributed by atoms with van der Waals surface area (Å²) in [6, 6.07) is 3.72. The lowest BCUT2D eigenvalue weighted by atomic mass is 9.92. The van der Waals surface area contributed by atoms with E-state index in [1.165, 1.54) is 18.7 Å². The van der Waals surface area contributed by atoms with Gasteiger partial charge in [-0.3, -0.25) is 5.32 Å². The van der Waals surface area contributed by atoms with Crippen LogP contribution in [0.1, 0.15) is 110 Å². The molecule has 1 N–H and O–H groups in total. The molecule has 1 fully saturated rings. The summed E-state index contributed by atoms with van der Waals surface area (Å²) in [4.78, 5) is 35.9. The van der Waals surface area contributed by atoms with E-state index in [4.69, 9.17) is 14.2 Å². The van der Waals surface area contributed by atoms with E-state index >= 15 is 0 Å². The number of guanidine groups is 1. The van der Waals surface area contributed by atoms with Crippen molar-refractivity contribution in [2.45, 2.75) is 123 Å². The third kappa shape index (κ3) is 11.7. The second-order valence-corrected chi connectivity index (χ2v) is 13.7. The Morgan fingerprint density at radius 1 is 1.00 bits per heavy atom. The number of nitrogens with zero attached hydrogens (tertiary/aromatic N) is 3. The smallest absolute Gasteiger partial charge is 0.437 e. The Labute approximate surface area is 276 Å². The molecular weight excluding hydrogens is 613 g/mol. The Morgan fingerprint density at radius 3 is 2.28 bits per heavy atom. The molecule has 47 heavy (non-hydrogen) atoms. The average Bonchev–Trinajstić information content (AvgIpc) is 3.44. The molecule has 1 atom stereocenters. The van der Waals surface area contributed by atoms with Crippen LogP contribution in [0.25, 0.3) is 5.70 Å². The van der Waals surface area contributed by atoms with E-state index in [0.29, 0.717) is 32.2 Å². The van der Waals surface area contributed by atoms with Crippen molar-refractivity contribution >= 4 is 29.7 Å². The number of hydrogen-bond acceptors (Lipinski definition) is 6. The Kier molecular flexibility index (Phi) is 12.7.